The maximum absolute atomic E-state index is 5.82. The van der Waals surface area contributed by atoms with Crippen molar-refractivity contribution < 1.29 is 4.74 Å². The van der Waals surface area contributed by atoms with Gasteiger partial charge in [0.2, 0.25) is 0 Å². The smallest absolute Gasteiger partial charge is 0.119 e. The largest absolute Gasteiger partial charge is 0.494 e. The van der Waals surface area contributed by atoms with Crippen LogP contribution in [0.3, 0.4) is 0 Å². The summed E-state index contributed by atoms with van der Waals surface area (Å²) < 4.78 is 5.82. The maximum Gasteiger partial charge on any atom is 0.119 e. The Morgan fingerprint density at radius 2 is 1.14 bits per heavy atom. The zero-order chi connectivity index (χ0) is 19.9. The number of rotatable bonds is 10. The van der Waals surface area contributed by atoms with Crippen molar-refractivity contribution in [3.63, 3.8) is 0 Å². The summed E-state index contributed by atoms with van der Waals surface area (Å²) in [6.45, 7) is 5.12. The number of benzene rings is 2. The first-order valence-electron chi connectivity index (χ1n) is 10.6. The van der Waals surface area contributed by atoms with Gasteiger partial charge in [-0.15, -0.1) is 0 Å². The van der Waals surface area contributed by atoms with Crippen molar-refractivity contribution >= 4 is 0 Å². The Kier molecular flexibility index (Phi) is 10.5. The highest BCUT2D eigenvalue weighted by molar-refractivity contribution is 5.45. The molecule has 0 bridgehead atoms. The van der Waals surface area contributed by atoms with E-state index in [0.717, 1.165) is 29.9 Å². The maximum atomic E-state index is 5.82. The minimum Gasteiger partial charge on any atom is -0.494 e. The fraction of sp³-hybridized carbons (Fsp3) is 0.407. The Balaban J connectivity index is 1.65. The van der Waals surface area contributed by atoms with Crippen molar-refractivity contribution in [3.05, 3.63) is 65.2 Å². The lowest BCUT2D eigenvalue weighted by Crippen LogP contribution is -1.97. The number of hydrogen-bond donors (Lipinski definition) is 0. The summed E-state index contributed by atoms with van der Waals surface area (Å²) in [5, 5.41) is 0. The minimum absolute atomic E-state index is 0.794. The van der Waals surface area contributed by atoms with Crippen molar-refractivity contribution in [1.29, 1.82) is 0 Å². The highest BCUT2D eigenvalue weighted by atomic mass is 16.5. The average Bonchev–Trinajstić information content (AvgIpc) is 2.72. The third-order valence-electron chi connectivity index (χ3n) is 4.65. The molecular formula is C27H32O. The molecule has 0 unspecified atom stereocenters. The van der Waals surface area contributed by atoms with Crippen LogP contribution in [0.15, 0.2) is 48.5 Å². The molecular weight excluding hydrogens is 340 g/mol. The van der Waals surface area contributed by atoms with Gasteiger partial charge in [0.25, 0.3) is 0 Å². The topological polar surface area (TPSA) is 9.23 Å². The van der Waals surface area contributed by atoms with Gasteiger partial charge in [-0.25, -0.2) is 0 Å². The first-order chi connectivity index (χ1) is 13.8. The lowest BCUT2D eigenvalue weighted by Gasteiger charge is -2.06. The van der Waals surface area contributed by atoms with Crippen LogP contribution < -0.4 is 4.74 Å². The standard InChI is InChI=1S/C27H32O/c1-3-4-5-6-7-8-9-12-23-28-27-21-19-26(20-22-27)14-11-10-13-25-17-15-24(2)16-18-25/h15-22H,3-9,12,23H2,1-2H3. The van der Waals surface area contributed by atoms with E-state index in [1.54, 1.807) is 0 Å². The third kappa shape index (κ3) is 9.34. The zero-order valence-corrected chi connectivity index (χ0v) is 17.4. The second kappa shape index (κ2) is 13.5. The molecule has 0 aliphatic heterocycles. The van der Waals surface area contributed by atoms with Crippen molar-refractivity contribution in [2.45, 2.75) is 65.2 Å². The molecule has 0 amide bonds. The van der Waals surface area contributed by atoms with E-state index in [-0.39, 0.29) is 0 Å². The predicted octanol–water partition coefficient (Wildman–Crippen LogP) is 6.92. The van der Waals surface area contributed by atoms with Crippen molar-refractivity contribution in [2.24, 2.45) is 0 Å². The van der Waals surface area contributed by atoms with E-state index < -0.39 is 0 Å². The summed E-state index contributed by atoms with van der Waals surface area (Å²) in [5.74, 6) is 12.9. The van der Waals surface area contributed by atoms with Crippen LogP contribution in [-0.2, 0) is 0 Å². The number of unbranched alkanes of at least 4 members (excludes halogenated alkanes) is 7. The SMILES string of the molecule is CCCCCCCCCCOc1ccc(C#CC#Cc2ccc(C)cc2)cc1. The van der Waals surface area contributed by atoms with Crippen molar-refractivity contribution in [3.8, 4) is 29.4 Å². The van der Waals surface area contributed by atoms with Crippen LogP contribution in [0.25, 0.3) is 0 Å². The molecule has 2 rings (SSSR count). The van der Waals surface area contributed by atoms with Gasteiger partial charge in [0.1, 0.15) is 5.75 Å². The minimum atomic E-state index is 0.794. The normalized spacial score (nSPS) is 9.79. The molecule has 0 aliphatic rings. The van der Waals surface area contributed by atoms with E-state index in [0.29, 0.717) is 0 Å². The average molecular weight is 373 g/mol. The third-order valence-corrected chi connectivity index (χ3v) is 4.65. The lowest BCUT2D eigenvalue weighted by atomic mass is 10.1. The molecule has 0 saturated carbocycles. The van der Waals surface area contributed by atoms with Gasteiger partial charge in [-0.2, -0.15) is 0 Å². The summed E-state index contributed by atoms with van der Waals surface area (Å²) in [4.78, 5) is 0. The van der Waals surface area contributed by atoms with Crippen LogP contribution in [0.1, 0.15) is 75.0 Å². The second-order valence-electron chi connectivity index (χ2n) is 7.21. The molecule has 0 saturated heterocycles. The Labute approximate surface area is 171 Å². The first kappa shape index (κ1) is 21.7. The Morgan fingerprint density at radius 3 is 1.71 bits per heavy atom. The zero-order valence-electron chi connectivity index (χ0n) is 17.4. The van der Waals surface area contributed by atoms with E-state index in [1.807, 2.05) is 36.4 Å². The molecule has 0 atom stereocenters. The van der Waals surface area contributed by atoms with Crippen molar-refractivity contribution in [1.82, 2.24) is 0 Å². The van der Waals surface area contributed by atoms with Crippen LogP contribution in [0.5, 0.6) is 5.75 Å². The molecule has 1 nitrogen and oxygen atoms in total. The van der Waals surface area contributed by atoms with Crippen LogP contribution >= 0.6 is 0 Å². The molecule has 1 heteroatoms. The monoisotopic (exact) mass is 372 g/mol. The number of aryl methyl sites for hydroxylation is 1. The first-order valence-corrected chi connectivity index (χ1v) is 10.6. The Bertz CT molecular complexity index is 792. The molecule has 0 N–H and O–H groups in total. The molecule has 146 valence electrons. The summed E-state index contributed by atoms with van der Waals surface area (Å²) in [6.07, 6.45) is 10.5. The lowest BCUT2D eigenvalue weighted by molar-refractivity contribution is 0.304. The second-order valence-corrected chi connectivity index (χ2v) is 7.21. The van der Waals surface area contributed by atoms with E-state index >= 15 is 0 Å². The molecule has 0 radical (unpaired) electrons. The molecule has 0 spiro atoms. The number of hydrogen-bond acceptors (Lipinski definition) is 1. The van der Waals surface area contributed by atoms with Gasteiger partial charge < -0.3 is 4.74 Å². The van der Waals surface area contributed by atoms with Crippen molar-refractivity contribution in [2.75, 3.05) is 6.61 Å². The highest BCUT2D eigenvalue weighted by Gasteiger charge is 1.95. The van der Waals surface area contributed by atoms with E-state index in [1.165, 1.54) is 50.5 Å². The van der Waals surface area contributed by atoms with Crippen LogP contribution in [0, 0.1) is 30.6 Å². The van der Waals surface area contributed by atoms with Crippen LogP contribution in [0.2, 0.25) is 0 Å². The molecule has 28 heavy (non-hydrogen) atoms. The molecule has 0 aliphatic carbocycles. The van der Waals surface area contributed by atoms with Crippen LogP contribution in [0.4, 0.5) is 0 Å². The highest BCUT2D eigenvalue weighted by Crippen LogP contribution is 2.13. The number of ether oxygens (including phenoxy) is 1. The fourth-order valence-corrected chi connectivity index (χ4v) is 2.90. The van der Waals surface area contributed by atoms with Gasteiger partial charge in [0.15, 0.2) is 0 Å². The molecule has 0 aromatic heterocycles. The predicted molar refractivity (Wildman–Crippen MR) is 119 cm³/mol. The van der Waals surface area contributed by atoms with Gasteiger partial charge in [-0.1, -0.05) is 81.4 Å². The van der Waals surface area contributed by atoms with Gasteiger partial charge in [-0.3, -0.25) is 0 Å². The van der Waals surface area contributed by atoms with E-state index in [2.05, 4.69) is 49.7 Å². The summed E-state index contributed by atoms with van der Waals surface area (Å²) >= 11 is 0. The van der Waals surface area contributed by atoms with Gasteiger partial charge in [-0.05, 0) is 61.6 Å². The van der Waals surface area contributed by atoms with E-state index in [4.69, 9.17) is 4.74 Å². The van der Waals surface area contributed by atoms with E-state index in [9.17, 15) is 0 Å². The van der Waals surface area contributed by atoms with Gasteiger partial charge in [0, 0.05) is 11.1 Å². The Morgan fingerprint density at radius 1 is 0.643 bits per heavy atom. The molecule has 2 aromatic carbocycles. The molecule has 2 aromatic rings. The summed E-state index contributed by atoms with van der Waals surface area (Å²) in [5.41, 5.74) is 3.18. The quantitative estimate of drug-likeness (QED) is 0.325. The van der Waals surface area contributed by atoms with Gasteiger partial charge in [0.05, 0.1) is 6.61 Å². The van der Waals surface area contributed by atoms with Gasteiger partial charge >= 0.3 is 0 Å². The van der Waals surface area contributed by atoms with Crippen LogP contribution in [-0.4, -0.2) is 6.61 Å². The molecule has 0 heterocycles. The summed E-state index contributed by atoms with van der Waals surface area (Å²) in [6, 6.07) is 16.1. The fourth-order valence-electron chi connectivity index (χ4n) is 2.90. The summed E-state index contributed by atoms with van der Waals surface area (Å²) in [7, 11) is 0. The molecule has 0 fully saturated rings. The Hall–Kier alpha value is -2.64.